The van der Waals surface area contributed by atoms with Crippen molar-refractivity contribution in [1.82, 2.24) is 9.62 Å². The summed E-state index contributed by atoms with van der Waals surface area (Å²) in [7, 11) is -3.74. The molecule has 0 saturated carbocycles. The van der Waals surface area contributed by atoms with Crippen LogP contribution in [0.25, 0.3) is 0 Å². The lowest BCUT2D eigenvalue weighted by Crippen LogP contribution is -2.40. The Morgan fingerprint density at radius 2 is 2.12 bits per heavy atom. The van der Waals surface area contributed by atoms with E-state index in [9.17, 15) is 13.2 Å². The molecule has 1 aliphatic heterocycles. The zero-order valence-electron chi connectivity index (χ0n) is 13.9. The lowest BCUT2D eigenvalue weighted by atomic mass is 10.2. The number of nitrogens with zero attached hydrogens (tertiary/aromatic N) is 2. The Morgan fingerprint density at radius 1 is 1.42 bits per heavy atom. The third-order valence-electron chi connectivity index (χ3n) is 3.44. The molecule has 1 saturated heterocycles. The Hall–Kier alpha value is -2.11. The van der Waals surface area contributed by atoms with E-state index in [0.717, 1.165) is 0 Å². The maximum absolute atomic E-state index is 12.4. The molecule has 1 amide bonds. The number of ether oxygens (including phenoxy) is 1. The summed E-state index contributed by atoms with van der Waals surface area (Å²) in [5.74, 6) is 0. The van der Waals surface area contributed by atoms with E-state index in [1.807, 2.05) is 6.07 Å². The minimum atomic E-state index is -3.74. The van der Waals surface area contributed by atoms with Gasteiger partial charge >= 0.3 is 6.09 Å². The minimum Gasteiger partial charge on any atom is -0.444 e. The van der Waals surface area contributed by atoms with Crippen molar-refractivity contribution in [3.63, 3.8) is 0 Å². The van der Waals surface area contributed by atoms with Crippen LogP contribution in [0.1, 0.15) is 32.8 Å². The van der Waals surface area contributed by atoms with E-state index in [2.05, 4.69) is 4.72 Å². The van der Waals surface area contributed by atoms with Crippen LogP contribution >= 0.6 is 0 Å². The summed E-state index contributed by atoms with van der Waals surface area (Å²) in [6.45, 7) is 6.03. The number of benzene rings is 1. The molecule has 0 unspecified atom stereocenters. The van der Waals surface area contributed by atoms with Crippen LogP contribution < -0.4 is 4.72 Å². The van der Waals surface area contributed by atoms with Gasteiger partial charge in [0.1, 0.15) is 5.60 Å². The van der Waals surface area contributed by atoms with E-state index in [4.69, 9.17) is 10.00 Å². The van der Waals surface area contributed by atoms with E-state index in [-0.39, 0.29) is 23.0 Å². The minimum absolute atomic E-state index is 0.0391. The molecule has 0 spiro atoms. The zero-order valence-corrected chi connectivity index (χ0v) is 14.8. The molecule has 1 aromatic rings. The van der Waals surface area contributed by atoms with Crippen molar-refractivity contribution in [3.05, 3.63) is 29.8 Å². The first-order valence-electron chi connectivity index (χ1n) is 7.61. The molecular weight excluding hydrogens is 330 g/mol. The van der Waals surface area contributed by atoms with Crippen molar-refractivity contribution in [2.45, 2.75) is 43.7 Å². The number of nitrogens with one attached hydrogen (secondary N) is 1. The SMILES string of the molecule is CC(C)(C)OC(=O)N1CC[C@@H](NS(=O)(=O)c2cccc(C#N)c2)C1. The molecule has 1 aromatic carbocycles. The number of amides is 1. The summed E-state index contributed by atoms with van der Waals surface area (Å²) < 4.78 is 32.7. The highest BCUT2D eigenvalue weighted by Crippen LogP contribution is 2.18. The number of likely N-dealkylation sites (tertiary alicyclic amines) is 1. The molecule has 0 radical (unpaired) electrons. The van der Waals surface area contributed by atoms with Gasteiger partial charge in [0, 0.05) is 19.1 Å². The van der Waals surface area contributed by atoms with Crippen molar-refractivity contribution in [1.29, 1.82) is 5.26 Å². The normalized spacial score (nSPS) is 18.2. The highest BCUT2D eigenvalue weighted by Gasteiger charge is 2.32. The molecule has 0 aromatic heterocycles. The molecule has 1 N–H and O–H groups in total. The Kier molecular flexibility index (Phi) is 5.16. The van der Waals surface area contributed by atoms with Crippen LogP contribution in [-0.2, 0) is 14.8 Å². The first-order chi connectivity index (χ1) is 11.1. The summed E-state index contributed by atoms with van der Waals surface area (Å²) in [5, 5.41) is 8.88. The van der Waals surface area contributed by atoms with Crippen LogP contribution in [0.4, 0.5) is 4.79 Å². The highest BCUT2D eigenvalue weighted by atomic mass is 32.2. The Morgan fingerprint density at radius 3 is 2.75 bits per heavy atom. The fourth-order valence-electron chi connectivity index (χ4n) is 2.37. The lowest BCUT2D eigenvalue weighted by Gasteiger charge is -2.24. The molecule has 1 aliphatic rings. The molecule has 24 heavy (non-hydrogen) atoms. The summed E-state index contributed by atoms with van der Waals surface area (Å²) in [6, 6.07) is 7.35. The number of rotatable bonds is 3. The predicted octanol–water partition coefficient (Wildman–Crippen LogP) is 1.85. The maximum atomic E-state index is 12.4. The third-order valence-corrected chi connectivity index (χ3v) is 4.95. The molecule has 1 atom stereocenters. The molecule has 0 bridgehead atoms. The van der Waals surface area contributed by atoms with Gasteiger partial charge in [-0.2, -0.15) is 5.26 Å². The Bertz CT molecular complexity index is 762. The van der Waals surface area contributed by atoms with Crippen LogP contribution in [-0.4, -0.2) is 44.1 Å². The average Bonchev–Trinajstić information content (AvgIpc) is 2.93. The Labute approximate surface area is 142 Å². The van der Waals surface area contributed by atoms with Crippen LogP contribution in [0.3, 0.4) is 0 Å². The second-order valence-corrected chi connectivity index (χ2v) is 8.39. The van der Waals surface area contributed by atoms with Gasteiger partial charge in [-0.3, -0.25) is 0 Å². The summed E-state index contributed by atoms with van der Waals surface area (Å²) in [4.78, 5) is 13.5. The first-order valence-corrected chi connectivity index (χ1v) is 9.09. The first kappa shape index (κ1) is 18.2. The molecular formula is C16H21N3O4S. The Balaban J connectivity index is 2.02. The summed E-state index contributed by atoms with van der Waals surface area (Å²) in [6.07, 6.45) is 0.0619. The number of nitriles is 1. The highest BCUT2D eigenvalue weighted by molar-refractivity contribution is 7.89. The van der Waals surface area contributed by atoms with Gasteiger partial charge in [-0.15, -0.1) is 0 Å². The second-order valence-electron chi connectivity index (χ2n) is 6.67. The number of hydrogen-bond acceptors (Lipinski definition) is 5. The monoisotopic (exact) mass is 351 g/mol. The fraction of sp³-hybridized carbons (Fsp3) is 0.500. The standard InChI is InChI=1S/C16H21N3O4S/c1-16(2,3)23-15(20)19-8-7-13(11-19)18-24(21,22)14-6-4-5-12(9-14)10-17/h4-6,9,13,18H,7-8,11H2,1-3H3/t13-/m1/s1. The van der Waals surface area contributed by atoms with Crippen molar-refractivity contribution >= 4 is 16.1 Å². The lowest BCUT2D eigenvalue weighted by molar-refractivity contribution is 0.0292. The van der Waals surface area contributed by atoms with Gasteiger partial charge in [0.2, 0.25) is 10.0 Å². The molecule has 130 valence electrons. The van der Waals surface area contributed by atoms with Crippen molar-refractivity contribution < 1.29 is 17.9 Å². The van der Waals surface area contributed by atoms with E-state index < -0.39 is 21.7 Å². The van der Waals surface area contributed by atoms with Crippen LogP contribution in [0.2, 0.25) is 0 Å². The van der Waals surface area contributed by atoms with Gasteiger partial charge in [0.25, 0.3) is 0 Å². The fourth-order valence-corrected chi connectivity index (χ4v) is 3.68. The van der Waals surface area contributed by atoms with Gasteiger partial charge < -0.3 is 9.64 Å². The van der Waals surface area contributed by atoms with E-state index >= 15 is 0 Å². The largest absolute Gasteiger partial charge is 0.444 e. The summed E-state index contributed by atoms with van der Waals surface area (Å²) >= 11 is 0. The smallest absolute Gasteiger partial charge is 0.410 e. The van der Waals surface area contributed by atoms with E-state index in [1.165, 1.54) is 23.1 Å². The topological polar surface area (TPSA) is 99.5 Å². The number of carbonyl (C=O) groups is 1. The molecule has 2 rings (SSSR count). The van der Waals surface area contributed by atoms with Gasteiger partial charge in [0.15, 0.2) is 0 Å². The maximum Gasteiger partial charge on any atom is 0.410 e. The van der Waals surface area contributed by atoms with Gasteiger partial charge in [-0.05, 0) is 45.4 Å². The van der Waals surface area contributed by atoms with Gasteiger partial charge in [0.05, 0.1) is 16.5 Å². The summed E-state index contributed by atoms with van der Waals surface area (Å²) in [5.41, 5.74) is -0.313. The quantitative estimate of drug-likeness (QED) is 0.896. The zero-order chi connectivity index (χ0) is 18.0. The van der Waals surface area contributed by atoms with Crippen LogP contribution in [0.15, 0.2) is 29.2 Å². The van der Waals surface area contributed by atoms with Gasteiger partial charge in [-0.25, -0.2) is 17.9 Å². The van der Waals surface area contributed by atoms with Crippen LogP contribution in [0, 0.1) is 11.3 Å². The molecule has 8 heteroatoms. The molecule has 1 heterocycles. The number of hydrogen-bond donors (Lipinski definition) is 1. The molecule has 1 fully saturated rings. The van der Waals surface area contributed by atoms with Crippen molar-refractivity contribution in [3.8, 4) is 6.07 Å². The van der Waals surface area contributed by atoms with Gasteiger partial charge in [-0.1, -0.05) is 6.07 Å². The second kappa shape index (κ2) is 6.79. The van der Waals surface area contributed by atoms with Crippen LogP contribution in [0.5, 0.6) is 0 Å². The molecule has 7 nitrogen and oxygen atoms in total. The van der Waals surface area contributed by atoms with E-state index in [0.29, 0.717) is 13.0 Å². The van der Waals surface area contributed by atoms with E-state index in [1.54, 1.807) is 26.8 Å². The average molecular weight is 351 g/mol. The number of sulfonamides is 1. The molecule has 0 aliphatic carbocycles. The van der Waals surface area contributed by atoms with Crippen molar-refractivity contribution in [2.75, 3.05) is 13.1 Å². The third kappa shape index (κ3) is 4.69. The van der Waals surface area contributed by atoms with Crippen molar-refractivity contribution in [2.24, 2.45) is 0 Å². The number of carbonyl (C=O) groups excluding carboxylic acids is 1. The predicted molar refractivity (Wildman–Crippen MR) is 87.7 cm³/mol.